The van der Waals surface area contributed by atoms with Crippen molar-refractivity contribution in [3.05, 3.63) is 0 Å². The van der Waals surface area contributed by atoms with Crippen LogP contribution in [0.25, 0.3) is 0 Å². The first-order chi connectivity index (χ1) is 1.41. The molecule has 0 aromatic heterocycles. The van der Waals surface area contributed by atoms with Gasteiger partial charge in [-0.25, -0.2) is 0 Å². The van der Waals surface area contributed by atoms with Crippen LogP contribution in [0.15, 0.2) is 0 Å². The summed E-state index contributed by atoms with van der Waals surface area (Å²) < 4.78 is 16.7. The Hall–Kier alpha value is 0.864. The van der Waals surface area contributed by atoms with Gasteiger partial charge in [-0.15, -0.1) is 0 Å². The molecule has 0 amide bonds. The summed E-state index contributed by atoms with van der Waals surface area (Å²) in [5.41, 5.74) is 0. The van der Waals surface area contributed by atoms with Gasteiger partial charge in [0.05, 0.1) is 0 Å². The molecule has 0 aliphatic carbocycles. The normalized spacial score (nSPS) is 5.25. The monoisotopic (exact) mass is 97.9 g/mol. The van der Waals surface area contributed by atoms with Gasteiger partial charge in [-0.3, -0.25) is 0 Å². The van der Waals surface area contributed by atoms with E-state index in [0.29, 0.717) is 0 Å². The fraction of sp³-hybridized carbons (Fsp3) is 0. The maximum atomic E-state index is 8.34. The van der Waals surface area contributed by atoms with Gasteiger partial charge in [0, 0.05) is 0 Å². The SMILES string of the molecule is [Li+].[O]=[Co][O-]. The van der Waals surface area contributed by atoms with Gasteiger partial charge < -0.3 is 0 Å². The molecule has 0 saturated carbocycles. The first-order valence-corrected chi connectivity index (χ1v) is 1.12. The fourth-order valence-corrected chi connectivity index (χ4v) is 0. The summed E-state index contributed by atoms with van der Waals surface area (Å²) in [5, 5.41) is 0. The van der Waals surface area contributed by atoms with Crippen molar-refractivity contribution in [1.82, 2.24) is 0 Å². The van der Waals surface area contributed by atoms with Crippen LogP contribution in [0.2, 0.25) is 0 Å². The van der Waals surface area contributed by atoms with Crippen molar-refractivity contribution in [2.24, 2.45) is 0 Å². The Morgan fingerprint density at radius 3 is 1.75 bits per heavy atom. The van der Waals surface area contributed by atoms with Crippen molar-refractivity contribution in [1.29, 1.82) is 0 Å². The van der Waals surface area contributed by atoms with Crippen LogP contribution in [0.4, 0.5) is 0 Å². The quantitative estimate of drug-likeness (QED) is 0.287. The molecule has 0 atom stereocenters. The number of rotatable bonds is 0. The molecule has 0 saturated heterocycles. The molecule has 4 heteroatoms. The zero-order valence-corrected chi connectivity index (χ0v) is 3.19. The van der Waals surface area contributed by atoms with Crippen molar-refractivity contribution < 1.29 is 41.9 Å². The second-order valence-electron chi connectivity index (χ2n) is 0.0556. The van der Waals surface area contributed by atoms with Crippen molar-refractivity contribution in [2.45, 2.75) is 0 Å². The molecule has 0 radical (unpaired) electrons. The number of hydrogen-bond acceptors (Lipinski definition) is 2. The molecule has 0 fully saturated rings. The van der Waals surface area contributed by atoms with E-state index in [-0.39, 0.29) is 18.9 Å². The van der Waals surface area contributed by atoms with E-state index in [2.05, 4.69) is 0 Å². The zero-order valence-electron chi connectivity index (χ0n) is 2.15. The Morgan fingerprint density at radius 1 is 1.75 bits per heavy atom. The van der Waals surface area contributed by atoms with Crippen LogP contribution in [0.1, 0.15) is 0 Å². The Balaban J connectivity index is 0. The first-order valence-electron chi connectivity index (χ1n) is 0.272. The Morgan fingerprint density at radius 2 is 1.75 bits per heavy atom. The second kappa shape index (κ2) is 9.12. The molecule has 2 nitrogen and oxygen atoms in total. The third-order valence-corrected chi connectivity index (χ3v) is 0. The minimum absolute atomic E-state index is 0. The topological polar surface area (TPSA) is 40.1 Å². The van der Waals surface area contributed by atoms with Crippen molar-refractivity contribution in [3.63, 3.8) is 0 Å². The minimum atomic E-state index is -1.06. The summed E-state index contributed by atoms with van der Waals surface area (Å²) in [6, 6.07) is 0. The Bertz CT molecular complexity index is 13.5. The van der Waals surface area contributed by atoms with Gasteiger partial charge >= 0.3 is 41.9 Å². The average Bonchev–Trinajstić information content (AvgIpc) is 0.918. The van der Waals surface area contributed by atoms with Crippen LogP contribution >= 0.6 is 0 Å². The molecule has 0 bridgehead atoms. The van der Waals surface area contributed by atoms with E-state index < -0.39 is 15.0 Å². The summed E-state index contributed by atoms with van der Waals surface area (Å²) in [4.78, 5) is 0. The maximum absolute atomic E-state index is 8.34. The van der Waals surface area contributed by atoms with Gasteiger partial charge in [-0.05, 0) is 0 Å². The van der Waals surface area contributed by atoms with Crippen molar-refractivity contribution >= 4 is 0 Å². The van der Waals surface area contributed by atoms with E-state index in [1.807, 2.05) is 0 Å². The Labute approximate surface area is 42.3 Å². The van der Waals surface area contributed by atoms with Gasteiger partial charge in [0.2, 0.25) is 0 Å². The zero-order chi connectivity index (χ0) is 2.71. The van der Waals surface area contributed by atoms with Gasteiger partial charge in [0.1, 0.15) is 0 Å². The van der Waals surface area contributed by atoms with Crippen LogP contribution in [-0.4, -0.2) is 0 Å². The molecule has 0 aliphatic heterocycles. The average molecular weight is 97.9 g/mol. The molecule has 0 aliphatic rings. The van der Waals surface area contributed by atoms with E-state index in [4.69, 9.17) is 8.08 Å². The summed E-state index contributed by atoms with van der Waals surface area (Å²) in [7, 11) is 0. The predicted octanol–water partition coefficient (Wildman–Crippen LogP) is -4.31. The van der Waals surface area contributed by atoms with E-state index in [1.165, 1.54) is 0 Å². The summed E-state index contributed by atoms with van der Waals surface area (Å²) in [5.74, 6) is 0. The van der Waals surface area contributed by atoms with Gasteiger partial charge in [0.15, 0.2) is 0 Å². The molecule has 0 rings (SSSR count). The summed E-state index contributed by atoms with van der Waals surface area (Å²) in [6.07, 6.45) is 0. The molecule has 0 N–H and O–H groups in total. The Kier molecular flexibility index (Phi) is 20.2. The predicted molar refractivity (Wildman–Crippen MR) is 0.686 cm³/mol. The summed E-state index contributed by atoms with van der Waals surface area (Å²) >= 11 is -1.06. The standard InChI is InChI=1S/Co.Li.2O/q;+1;;-1. The summed E-state index contributed by atoms with van der Waals surface area (Å²) in [6.45, 7) is 0. The van der Waals surface area contributed by atoms with E-state index in [9.17, 15) is 0 Å². The number of hydrogen-bond donors (Lipinski definition) is 0. The molecule has 0 unspecified atom stereocenters. The van der Waals surface area contributed by atoms with Gasteiger partial charge in [-0.2, -0.15) is 0 Å². The second-order valence-corrected chi connectivity index (χ2v) is 0.229. The molecule has 0 spiro atoms. The van der Waals surface area contributed by atoms with Crippen LogP contribution < -0.4 is 23.1 Å². The van der Waals surface area contributed by atoms with Gasteiger partial charge in [-0.1, -0.05) is 0 Å². The van der Waals surface area contributed by atoms with Gasteiger partial charge in [0.25, 0.3) is 0 Å². The van der Waals surface area contributed by atoms with E-state index in [1.54, 1.807) is 0 Å². The van der Waals surface area contributed by atoms with Crippen LogP contribution in [0.3, 0.4) is 0 Å². The van der Waals surface area contributed by atoms with E-state index >= 15 is 0 Å². The molecule has 0 aromatic rings. The molecule has 4 heavy (non-hydrogen) atoms. The van der Waals surface area contributed by atoms with Crippen LogP contribution in [0.5, 0.6) is 0 Å². The molecular formula is CoLiO2. The molecule has 22 valence electrons. The fourth-order valence-electron chi connectivity index (χ4n) is 0. The molecule has 0 heterocycles. The molecule has 0 aromatic carbocycles. The third kappa shape index (κ3) is 13.3. The third-order valence-electron chi connectivity index (χ3n) is 0. The first kappa shape index (κ1) is 8.85. The van der Waals surface area contributed by atoms with E-state index in [0.717, 1.165) is 0 Å². The molecular weight excluding hydrogens is 97.9 g/mol. The van der Waals surface area contributed by atoms with Crippen molar-refractivity contribution in [2.75, 3.05) is 0 Å². The van der Waals surface area contributed by atoms with Crippen LogP contribution in [-0.2, 0) is 18.8 Å². The van der Waals surface area contributed by atoms with Crippen LogP contribution in [0, 0.1) is 0 Å². The van der Waals surface area contributed by atoms with Crippen molar-refractivity contribution in [3.8, 4) is 0 Å².